The van der Waals surface area contributed by atoms with E-state index in [1.54, 1.807) is 31.2 Å². The van der Waals surface area contributed by atoms with Crippen LogP contribution in [0, 0.1) is 11.3 Å². The van der Waals surface area contributed by atoms with Crippen molar-refractivity contribution in [2.24, 2.45) is 0 Å². The second-order valence-electron chi connectivity index (χ2n) is 6.39. The fourth-order valence-corrected chi connectivity index (χ4v) is 3.23. The van der Waals surface area contributed by atoms with Crippen molar-refractivity contribution in [3.63, 3.8) is 0 Å². The van der Waals surface area contributed by atoms with E-state index in [4.69, 9.17) is 14.7 Å². The largest absolute Gasteiger partial charge is 0.481 e. The normalized spacial score (nSPS) is 24.7. The lowest BCUT2D eigenvalue weighted by Gasteiger charge is -2.35. The molecule has 6 heteroatoms. The number of carbonyl (C=O) groups excluding carboxylic acids is 1. The Bertz CT molecular complexity index is 611. The third kappa shape index (κ3) is 4.05. The maximum Gasteiger partial charge on any atom is 0.260 e. The highest BCUT2D eigenvalue weighted by molar-refractivity contribution is 5.80. The summed E-state index contributed by atoms with van der Waals surface area (Å²) < 4.78 is 11.5. The monoisotopic (exact) mass is 329 g/mol. The summed E-state index contributed by atoms with van der Waals surface area (Å²) in [6.07, 6.45) is 1.91. The average Bonchev–Trinajstić information content (AvgIpc) is 3.08. The topological polar surface area (TPSA) is 74.6 Å². The van der Waals surface area contributed by atoms with Crippen LogP contribution in [0.25, 0.3) is 0 Å². The van der Waals surface area contributed by atoms with Crippen LogP contribution in [-0.4, -0.2) is 55.3 Å². The third-order valence-electron chi connectivity index (χ3n) is 4.63. The van der Waals surface area contributed by atoms with Crippen LogP contribution in [0.2, 0.25) is 0 Å². The van der Waals surface area contributed by atoms with Gasteiger partial charge in [-0.1, -0.05) is 0 Å². The average molecular weight is 329 g/mol. The van der Waals surface area contributed by atoms with Gasteiger partial charge in [-0.2, -0.15) is 5.26 Å². The summed E-state index contributed by atoms with van der Waals surface area (Å²) in [4.78, 5) is 14.6. The van der Waals surface area contributed by atoms with Gasteiger partial charge in [0.1, 0.15) is 5.75 Å². The van der Waals surface area contributed by atoms with Crippen molar-refractivity contribution in [1.29, 1.82) is 5.26 Å². The highest BCUT2D eigenvalue weighted by Gasteiger charge is 2.32. The predicted octanol–water partition coefficient (Wildman–Crippen LogP) is 1.30. The van der Waals surface area contributed by atoms with Crippen LogP contribution in [0.1, 0.15) is 25.3 Å². The molecule has 0 aliphatic carbocycles. The molecule has 0 unspecified atom stereocenters. The van der Waals surface area contributed by atoms with E-state index in [1.165, 1.54) is 12.8 Å². The van der Waals surface area contributed by atoms with E-state index >= 15 is 0 Å². The van der Waals surface area contributed by atoms with E-state index < -0.39 is 6.10 Å². The Morgan fingerprint density at radius 2 is 2.29 bits per heavy atom. The minimum Gasteiger partial charge on any atom is -0.481 e. The zero-order chi connectivity index (χ0) is 16.9. The van der Waals surface area contributed by atoms with Crippen molar-refractivity contribution in [1.82, 2.24) is 10.2 Å². The third-order valence-corrected chi connectivity index (χ3v) is 4.63. The van der Waals surface area contributed by atoms with Gasteiger partial charge in [0.2, 0.25) is 0 Å². The maximum absolute atomic E-state index is 12.2. The number of nitrogens with one attached hydrogen (secondary N) is 1. The molecule has 24 heavy (non-hydrogen) atoms. The second kappa shape index (κ2) is 7.65. The van der Waals surface area contributed by atoms with E-state index in [0.29, 0.717) is 23.9 Å². The summed E-state index contributed by atoms with van der Waals surface area (Å²) >= 11 is 0. The molecule has 1 N–H and O–H groups in total. The number of fused-ring (bicyclic) bond motifs is 1. The first-order valence-electron chi connectivity index (χ1n) is 8.46. The van der Waals surface area contributed by atoms with Crippen LogP contribution < -0.4 is 10.1 Å². The van der Waals surface area contributed by atoms with Crippen molar-refractivity contribution in [3.05, 3.63) is 29.8 Å². The van der Waals surface area contributed by atoms with Gasteiger partial charge < -0.3 is 14.8 Å². The number of amides is 1. The molecule has 1 aromatic rings. The van der Waals surface area contributed by atoms with Crippen molar-refractivity contribution in [3.8, 4) is 11.8 Å². The van der Waals surface area contributed by atoms with Crippen molar-refractivity contribution >= 4 is 5.91 Å². The molecule has 3 atom stereocenters. The van der Waals surface area contributed by atoms with Crippen molar-refractivity contribution in [2.45, 2.75) is 38.0 Å². The van der Waals surface area contributed by atoms with Crippen LogP contribution in [-0.2, 0) is 9.53 Å². The number of morpholine rings is 1. The smallest absolute Gasteiger partial charge is 0.260 e. The van der Waals surface area contributed by atoms with Gasteiger partial charge in [0.15, 0.2) is 6.10 Å². The minimum atomic E-state index is -0.596. The Morgan fingerprint density at radius 1 is 1.50 bits per heavy atom. The minimum absolute atomic E-state index is 0.0467. The van der Waals surface area contributed by atoms with Crippen LogP contribution in [0.4, 0.5) is 0 Å². The van der Waals surface area contributed by atoms with Crippen LogP contribution >= 0.6 is 0 Å². The number of rotatable bonds is 5. The molecule has 128 valence electrons. The Labute approximate surface area is 142 Å². The first-order valence-corrected chi connectivity index (χ1v) is 8.46. The molecule has 2 aliphatic rings. The molecule has 2 fully saturated rings. The number of carbonyl (C=O) groups is 1. The van der Waals surface area contributed by atoms with Crippen molar-refractivity contribution < 1.29 is 14.3 Å². The van der Waals surface area contributed by atoms with Gasteiger partial charge in [0.05, 0.1) is 24.3 Å². The molecular formula is C18H23N3O3. The van der Waals surface area contributed by atoms with Gasteiger partial charge >= 0.3 is 0 Å². The fourth-order valence-electron chi connectivity index (χ4n) is 3.23. The predicted molar refractivity (Wildman–Crippen MR) is 88.6 cm³/mol. The summed E-state index contributed by atoms with van der Waals surface area (Å²) in [5.41, 5.74) is 0.564. The fraction of sp³-hybridized carbons (Fsp3) is 0.556. The lowest BCUT2D eigenvalue weighted by atomic mass is 10.2. The standard InChI is InChI=1S/C18H23N3O3/c1-13(24-16-6-4-14(9-19)5-7-16)18(22)20-10-17-11-21-8-2-3-15(21)12-23-17/h4-7,13,15,17H,2-3,8,10-12H2,1H3,(H,20,22)/t13-,15+,17+/m0/s1. The lowest BCUT2D eigenvalue weighted by Crippen LogP contribution is -2.51. The Hall–Kier alpha value is -2.10. The number of nitriles is 1. The summed E-state index contributed by atoms with van der Waals surface area (Å²) in [5, 5.41) is 11.7. The van der Waals surface area contributed by atoms with Gasteiger partial charge in [-0.15, -0.1) is 0 Å². The number of nitrogens with zero attached hydrogens (tertiary/aromatic N) is 2. The van der Waals surface area contributed by atoms with E-state index in [-0.39, 0.29) is 12.0 Å². The molecule has 1 amide bonds. The molecule has 0 aromatic heterocycles. The van der Waals surface area contributed by atoms with E-state index in [2.05, 4.69) is 16.3 Å². The molecule has 2 saturated heterocycles. The van der Waals surface area contributed by atoms with Gasteiger partial charge in [-0.3, -0.25) is 9.69 Å². The quantitative estimate of drug-likeness (QED) is 0.881. The first-order chi connectivity index (χ1) is 11.7. The molecule has 1 aromatic carbocycles. The molecule has 6 nitrogen and oxygen atoms in total. The van der Waals surface area contributed by atoms with Crippen LogP contribution in [0.3, 0.4) is 0 Å². The van der Waals surface area contributed by atoms with E-state index in [0.717, 1.165) is 19.7 Å². The maximum atomic E-state index is 12.2. The van der Waals surface area contributed by atoms with E-state index in [1.807, 2.05) is 0 Å². The van der Waals surface area contributed by atoms with Gasteiger partial charge in [-0.25, -0.2) is 0 Å². The second-order valence-corrected chi connectivity index (χ2v) is 6.39. The molecule has 0 spiro atoms. The molecule has 0 saturated carbocycles. The van der Waals surface area contributed by atoms with E-state index in [9.17, 15) is 4.79 Å². The highest BCUT2D eigenvalue weighted by Crippen LogP contribution is 2.22. The summed E-state index contributed by atoms with van der Waals surface area (Å²) in [6.45, 7) is 5.00. The van der Waals surface area contributed by atoms with Gasteiger partial charge in [-0.05, 0) is 50.6 Å². The molecule has 2 aliphatic heterocycles. The Kier molecular flexibility index (Phi) is 5.34. The number of ether oxygens (including phenoxy) is 2. The molecular weight excluding hydrogens is 306 g/mol. The van der Waals surface area contributed by atoms with Gasteiger partial charge in [0, 0.05) is 19.1 Å². The molecule has 3 rings (SSSR count). The summed E-state index contributed by atoms with van der Waals surface area (Å²) in [7, 11) is 0. The highest BCUT2D eigenvalue weighted by atomic mass is 16.5. The zero-order valence-corrected chi connectivity index (χ0v) is 13.9. The van der Waals surface area contributed by atoms with Crippen molar-refractivity contribution in [2.75, 3.05) is 26.2 Å². The lowest BCUT2D eigenvalue weighted by molar-refractivity contribution is -0.128. The Balaban J connectivity index is 1.43. The zero-order valence-electron chi connectivity index (χ0n) is 13.9. The van der Waals surface area contributed by atoms with Crippen LogP contribution in [0.5, 0.6) is 5.75 Å². The first kappa shape index (κ1) is 16.7. The number of hydrogen-bond donors (Lipinski definition) is 1. The van der Waals surface area contributed by atoms with Crippen LogP contribution in [0.15, 0.2) is 24.3 Å². The molecule has 0 bridgehead atoms. The Morgan fingerprint density at radius 3 is 3.04 bits per heavy atom. The summed E-state index contributed by atoms with van der Waals surface area (Å²) in [6, 6.07) is 9.34. The van der Waals surface area contributed by atoms with Gasteiger partial charge in [0.25, 0.3) is 5.91 Å². The summed E-state index contributed by atoms with van der Waals surface area (Å²) in [5.74, 6) is 0.414. The number of benzene rings is 1. The number of hydrogen-bond acceptors (Lipinski definition) is 5. The molecule has 0 radical (unpaired) electrons. The SMILES string of the molecule is C[C@H](Oc1ccc(C#N)cc1)C(=O)NC[C@@H]1CN2CCC[C@@H]2CO1. The molecule has 2 heterocycles.